The third-order valence-corrected chi connectivity index (χ3v) is 4.64. The summed E-state index contributed by atoms with van der Waals surface area (Å²) in [5, 5.41) is 11.9. The molecule has 0 spiro atoms. The molecule has 0 aromatic heterocycles. The predicted octanol–water partition coefficient (Wildman–Crippen LogP) is 4.36. The molecule has 0 saturated heterocycles. The predicted molar refractivity (Wildman–Crippen MR) is 98.0 cm³/mol. The molecule has 24 heavy (non-hydrogen) atoms. The maximum atomic E-state index is 12.3. The van der Waals surface area contributed by atoms with E-state index in [9.17, 15) is 9.36 Å². The minimum absolute atomic E-state index is 0.317. The number of hydrogen-bond acceptors (Lipinski definition) is 4. The summed E-state index contributed by atoms with van der Waals surface area (Å²) >= 11 is 3.29. The minimum atomic E-state index is -1.10. The average molecular weight is 407 g/mol. The molecule has 0 heterocycles. The van der Waals surface area contributed by atoms with E-state index in [1.54, 1.807) is 42.5 Å². The highest BCUT2D eigenvalue weighted by Gasteiger charge is 2.12. The van der Waals surface area contributed by atoms with E-state index in [0.29, 0.717) is 23.4 Å². The smallest absolute Gasteiger partial charge is 0.255 e. The minimum Gasteiger partial charge on any atom is -0.367 e. The Bertz CT molecular complexity index is 787. The Labute approximate surface area is 150 Å². The SMILES string of the molecule is CCOC([PH2]=O)c1ccc(C(=O)Nc2ccc(Br)cc2C#N)cc1. The number of rotatable bonds is 6. The summed E-state index contributed by atoms with van der Waals surface area (Å²) in [7, 11) is -1.10. The van der Waals surface area contributed by atoms with Gasteiger partial charge >= 0.3 is 0 Å². The van der Waals surface area contributed by atoms with Crippen LogP contribution in [0.4, 0.5) is 5.69 Å². The topological polar surface area (TPSA) is 79.2 Å². The second-order valence-electron chi connectivity index (χ2n) is 4.89. The van der Waals surface area contributed by atoms with Crippen LogP contribution in [0, 0.1) is 11.3 Å². The van der Waals surface area contributed by atoms with E-state index in [2.05, 4.69) is 21.2 Å². The van der Waals surface area contributed by atoms with E-state index >= 15 is 0 Å². The fraction of sp³-hybridized carbons (Fsp3) is 0.176. The first-order valence-corrected chi connectivity index (χ1v) is 9.20. The molecule has 1 N–H and O–H groups in total. The van der Waals surface area contributed by atoms with Gasteiger partial charge in [-0.2, -0.15) is 5.26 Å². The van der Waals surface area contributed by atoms with Gasteiger partial charge in [-0.05, 0) is 42.8 Å². The number of carbonyl (C=O) groups is 1. The lowest BCUT2D eigenvalue weighted by Gasteiger charge is -2.12. The van der Waals surface area contributed by atoms with E-state index in [1.807, 2.05) is 13.0 Å². The zero-order valence-corrected chi connectivity index (χ0v) is 15.7. The summed E-state index contributed by atoms with van der Waals surface area (Å²) in [5.74, 6) is -0.744. The van der Waals surface area contributed by atoms with Crippen LogP contribution in [0.5, 0.6) is 0 Å². The summed E-state index contributed by atoms with van der Waals surface area (Å²) in [6.07, 6.45) is 0. The van der Waals surface area contributed by atoms with Crippen LogP contribution in [-0.2, 0) is 9.30 Å². The van der Waals surface area contributed by atoms with Gasteiger partial charge in [0.15, 0.2) is 0 Å². The van der Waals surface area contributed by atoms with Crippen molar-refractivity contribution in [3.63, 3.8) is 0 Å². The van der Waals surface area contributed by atoms with Gasteiger partial charge in [0.1, 0.15) is 11.9 Å². The average Bonchev–Trinajstić information content (AvgIpc) is 2.61. The van der Waals surface area contributed by atoms with E-state index in [-0.39, 0.29) is 5.91 Å². The molecular formula is C17H16BrN2O3P. The van der Waals surface area contributed by atoms with Crippen molar-refractivity contribution in [1.82, 2.24) is 0 Å². The van der Waals surface area contributed by atoms with Crippen LogP contribution >= 0.6 is 24.4 Å². The van der Waals surface area contributed by atoms with Crippen LogP contribution in [0.1, 0.15) is 34.3 Å². The second-order valence-corrected chi connectivity index (χ2v) is 6.68. The number of benzene rings is 2. The van der Waals surface area contributed by atoms with Crippen LogP contribution in [0.15, 0.2) is 46.9 Å². The number of hydrogen-bond donors (Lipinski definition) is 1. The van der Waals surface area contributed by atoms with Crippen LogP contribution in [-0.4, -0.2) is 12.5 Å². The molecule has 2 atom stereocenters. The Morgan fingerprint density at radius 1 is 1.33 bits per heavy atom. The number of amides is 1. The molecule has 0 radical (unpaired) electrons. The summed E-state index contributed by atoms with van der Waals surface area (Å²) < 4.78 is 17.4. The Morgan fingerprint density at radius 2 is 2.04 bits per heavy atom. The maximum absolute atomic E-state index is 12.3. The summed E-state index contributed by atoms with van der Waals surface area (Å²) in [6.45, 7) is 2.32. The van der Waals surface area contributed by atoms with E-state index in [1.165, 1.54) is 0 Å². The first-order chi connectivity index (χ1) is 11.6. The van der Waals surface area contributed by atoms with Crippen molar-refractivity contribution in [2.45, 2.75) is 12.8 Å². The fourth-order valence-electron chi connectivity index (χ4n) is 2.13. The number of carbonyl (C=O) groups excluding carboxylic acids is 1. The van der Waals surface area contributed by atoms with Gasteiger partial charge in [0.2, 0.25) is 0 Å². The number of halogens is 1. The van der Waals surface area contributed by atoms with Crippen molar-refractivity contribution in [3.05, 3.63) is 63.6 Å². The molecule has 0 saturated carbocycles. The standard InChI is InChI=1S/C17H16BrN2O3P/c1-2-23-17(24-22)12-5-3-11(4-6-12)16(21)20-15-8-7-14(18)9-13(15)10-19/h3-9,17H,2,24H2,1H3,(H,20,21). The van der Waals surface area contributed by atoms with Crippen LogP contribution in [0.25, 0.3) is 0 Å². The van der Waals surface area contributed by atoms with Crippen molar-refractivity contribution >= 4 is 36.0 Å². The van der Waals surface area contributed by atoms with Gasteiger partial charge in [-0.3, -0.25) is 4.79 Å². The van der Waals surface area contributed by atoms with Crippen LogP contribution in [0.3, 0.4) is 0 Å². The molecule has 0 aliphatic heterocycles. The molecule has 5 nitrogen and oxygen atoms in total. The Balaban J connectivity index is 2.16. The first-order valence-electron chi connectivity index (χ1n) is 7.27. The quantitative estimate of drug-likeness (QED) is 0.722. The van der Waals surface area contributed by atoms with E-state index in [4.69, 9.17) is 10.00 Å². The molecule has 2 unspecified atom stereocenters. The lowest BCUT2D eigenvalue weighted by Crippen LogP contribution is -2.13. The van der Waals surface area contributed by atoms with Gasteiger partial charge in [-0.25, -0.2) is 0 Å². The normalized spacial score (nSPS) is 12.0. The Hall–Kier alpha value is -1.93. The second kappa shape index (κ2) is 8.79. The number of nitrogens with zero attached hydrogens (tertiary/aromatic N) is 1. The van der Waals surface area contributed by atoms with Crippen molar-refractivity contribution in [2.75, 3.05) is 11.9 Å². The highest BCUT2D eigenvalue weighted by molar-refractivity contribution is 9.10. The van der Waals surface area contributed by atoms with Crippen molar-refractivity contribution in [1.29, 1.82) is 5.26 Å². The van der Waals surface area contributed by atoms with Crippen LogP contribution < -0.4 is 5.32 Å². The van der Waals surface area contributed by atoms with Crippen LogP contribution in [0.2, 0.25) is 0 Å². The summed E-state index contributed by atoms with van der Waals surface area (Å²) in [6, 6.07) is 13.9. The lowest BCUT2D eigenvalue weighted by atomic mass is 10.1. The number of ether oxygens (including phenoxy) is 1. The Morgan fingerprint density at radius 3 is 2.62 bits per heavy atom. The highest BCUT2D eigenvalue weighted by Crippen LogP contribution is 2.28. The Kier molecular flexibility index (Phi) is 6.74. The van der Waals surface area contributed by atoms with Crippen molar-refractivity contribution in [3.8, 4) is 6.07 Å². The molecule has 0 bridgehead atoms. The van der Waals surface area contributed by atoms with Crippen molar-refractivity contribution < 1.29 is 14.1 Å². The third-order valence-electron chi connectivity index (χ3n) is 3.32. The van der Waals surface area contributed by atoms with Gasteiger partial charge in [-0.1, -0.05) is 28.1 Å². The van der Waals surface area contributed by atoms with Gasteiger partial charge in [-0.15, -0.1) is 0 Å². The molecule has 2 rings (SSSR count). The molecule has 0 aliphatic carbocycles. The molecule has 2 aromatic carbocycles. The number of anilines is 1. The van der Waals surface area contributed by atoms with E-state index < -0.39 is 14.3 Å². The molecule has 124 valence electrons. The maximum Gasteiger partial charge on any atom is 0.255 e. The zero-order valence-electron chi connectivity index (χ0n) is 13.0. The van der Waals surface area contributed by atoms with Gasteiger partial charge in [0, 0.05) is 16.6 Å². The number of nitrogens with one attached hydrogen (secondary N) is 1. The molecule has 7 heteroatoms. The largest absolute Gasteiger partial charge is 0.367 e. The first kappa shape index (κ1) is 18.4. The molecule has 0 fully saturated rings. The summed E-state index contributed by atoms with van der Waals surface area (Å²) in [5.41, 5.74) is 2.05. The monoisotopic (exact) mass is 406 g/mol. The van der Waals surface area contributed by atoms with E-state index in [0.717, 1.165) is 10.0 Å². The lowest BCUT2D eigenvalue weighted by molar-refractivity contribution is 0.102. The molecule has 2 aromatic rings. The molecule has 1 amide bonds. The van der Waals surface area contributed by atoms with Gasteiger partial charge < -0.3 is 14.6 Å². The van der Waals surface area contributed by atoms with Gasteiger partial charge in [0.05, 0.1) is 19.7 Å². The number of nitriles is 1. The highest BCUT2D eigenvalue weighted by atomic mass is 79.9. The van der Waals surface area contributed by atoms with Crippen molar-refractivity contribution in [2.24, 2.45) is 0 Å². The van der Waals surface area contributed by atoms with Gasteiger partial charge in [0.25, 0.3) is 5.91 Å². The summed E-state index contributed by atoms with van der Waals surface area (Å²) in [4.78, 5) is 12.3. The third kappa shape index (κ3) is 4.55. The fourth-order valence-corrected chi connectivity index (χ4v) is 3.14. The molecule has 0 aliphatic rings. The molecular weight excluding hydrogens is 391 g/mol. The zero-order chi connectivity index (χ0) is 17.5.